The molecule has 0 aliphatic heterocycles. The maximum atomic E-state index is 10.9. The van der Waals surface area contributed by atoms with Crippen LogP contribution in [-0.2, 0) is 6.54 Å². The number of nitrogens with zero attached hydrogens (tertiary/aromatic N) is 1. The summed E-state index contributed by atoms with van der Waals surface area (Å²) < 4.78 is 2.29. The number of hydrogen-bond donors (Lipinski definition) is 2. The molecule has 0 aliphatic carbocycles. The first-order chi connectivity index (χ1) is 14.8. The van der Waals surface area contributed by atoms with Crippen molar-refractivity contribution in [3.8, 4) is 22.4 Å². The van der Waals surface area contributed by atoms with Crippen molar-refractivity contribution < 1.29 is 5.11 Å². The normalized spacial score (nSPS) is 12.9. The number of aliphatic hydroxyl groups is 1. The van der Waals surface area contributed by atoms with E-state index in [2.05, 4.69) is 110 Å². The van der Waals surface area contributed by atoms with Crippen LogP contribution in [0.5, 0.6) is 0 Å². The number of hydrogen-bond acceptors (Lipinski definition) is 2. The summed E-state index contributed by atoms with van der Waals surface area (Å²) in [7, 11) is 0. The largest absolute Gasteiger partial charge is 0.390 e. The molecule has 3 heteroatoms. The molecule has 160 valence electrons. The fraction of sp³-hybridized carbons (Fsp3) is 0.286. The van der Waals surface area contributed by atoms with Gasteiger partial charge >= 0.3 is 0 Å². The topological polar surface area (TPSA) is 37.2 Å². The van der Waals surface area contributed by atoms with Crippen molar-refractivity contribution in [2.24, 2.45) is 0 Å². The molecule has 2 N–H and O–H groups in total. The summed E-state index contributed by atoms with van der Waals surface area (Å²) in [5, 5.41) is 15.6. The number of nitrogens with one attached hydrogen (secondary N) is 1. The molecular formula is C28H32N2O. The second-order valence-electron chi connectivity index (χ2n) is 9.37. The molecule has 3 nitrogen and oxygen atoms in total. The van der Waals surface area contributed by atoms with Crippen LogP contribution in [0.25, 0.3) is 33.3 Å². The van der Waals surface area contributed by atoms with Gasteiger partial charge < -0.3 is 15.0 Å². The second kappa shape index (κ2) is 8.70. The zero-order chi connectivity index (χ0) is 22.0. The monoisotopic (exact) mass is 412 g/mol. The Morgan fingerprint density at radius 3 is 2.10 bits per heavy atom. The maximum Gasteiger partial charge on any atom is 0.0843 e. The maximum absolute atomic E-state index is 10.9. The van der Waals surface area contributed by atoms with E-state index in [1.165, 1.54) is 22.1 Å². The Labute approximate surface area is 185 Å². The molecule has 3 aromatic carbocycles. The Morgan fingerprint density at radius 2 is 1.48 bits per heavy atom. The highest BCUT2D eigenvalue weighted by Gasteiger charge is 2.22. The first-order valence-corrected chi connectivity index (χ1v) is 11.0. The van der Waals surface area contributed by atoms with Gasteiger partial charge in [-0.1, -0.05) is 72.3 Å². The zero-order valence-electron chi connectivity index (χ0n) is 18.9. The smallest absolute Gasteiger partial charge is 0.0843 e. The molecule has 0 bridgehead atoms. The van der Waals surface area contributed by atoms with Crippen LogP contribution in [0.3, 0.4) is 0 Å². The third-order valence-corrected chi connectivity index (χ3v) is 5.59. The number of benzene rings is 3. The molecule has 0 spiro atoms. The summed E-state index contributed by atoms with van der Waals surface area (Å²) in [6, 6.07) is 27.7. The van der Waals surface area contributed by atoms with Crippen LogP contribution in [0, 0.1) is 6.92 Å². The van der Waals surface area contributed by atoms with E-state index in [0.717, 1.165) is 16.8 Å². The van der Waals surface area contributed by atoms with Gasteiger partial charge in [0, 0.05) is 28.6 Å². The van der Waals surface area contributed by atoms with E-state index in [1.54, 1.807) is 0 Å². The van der Waals surface area contributed by atoms with Gasteiger partial charge in [-0.2, -0.15) is 0 Å². The van der Waals surface area contributed by atoms with Crippen molar-refractivity contribution in [2.75, 3.05) is 6.54 Å². The van der Waals surface area contributed by atoms with E-state index in [0.29, 0.717) is 13.1 Å². The molecule has 0 amide bonds. The van der Waals surface area contributed by atoms with Gasteiger partial charge in [0.2, 0.25) is 0 Å². The average Bonchev–Trinajstić information content (AvgIpc) is 3.06. The standard InChI is InChI=1S/C28H32N2O/c1-20-15-16-25-24(17-20)26(21-11-7-5-8-12-21)27(22-13-9-6-10-14-22)30(25)19-23(31)18-29-28(2,3)4/h5-17,23,29,31H,18-19H2,1-4H3. The van der Waals surface area contributed by atoms with E-state index in [1.807, 2.05) is 6.07 Å². The highest BCUT2D eigenvalue weighted by atomic mass is 16.3. The number of aryl methyl sites for hydroxylation is 1. The van der Waals surface area contributed by atoms with Crippen LogP contribution < -0.4 is 5.32 Å². The lowest BCUT2D eigenvalue weighted by molar-refractivity contribution is 0.144. The zero-order valence-corrected chi connectivity index (χ0v) is 18.9. The van der Waals surface area contributed by atoms with E-state index >= 15 is 0 Å². The molecule has 4 rings (SSSR count). The van der Waals surface area contributed by atoms with Gasteiger partial charge in [-0.05, 0) is 51.0 Å². The summed E-state index contributed by atoms with van der Waals surface area (Å²) in [5.41, 5.74) is 7.08. The Kier molecular flexibility index (Phi) is 5.99. The number of fused-ring (bicyclic) bond motifs is 1. The lowest BCUT2D eigenvalue weighted by Crippen LogP contribution is -2.42. The fourth-order valence-corrected chi connectivity index (χ4v) is 4.15. The van der Waals surface area contributed by atoms with E-state index in [-0.39, 0.29) is 5.54 Å². The molecule has 1 aromatic heterocycles. The van der Waals surface area contributed by atoms with Crippen molar-refractivity contribution >= 4 is 10.9 Å². The predicted molar refractivity (Wildman–Crippen MR) is 131 cm³/mol. The highest BCUT2D eigenvalue weighted by molar-refractivity contribution is 6.04. The summed E-state index contributed by atoms with van der Waals surface area (Å²) in [5.74, 6) is 0. The lowest BCUT2D eigenvalue weighted by atomic mass is 9.98. The summed E-state index contributed by atoms with van der Waals surface area (Å²) >= 11 is 0. The van der Waals surface area contributed by atoms with Gasteiger partial charge in [-0.25, -0.2) is 0 Å². The molecule has 0 saturated heterocycles. The first-order valence-electron chi connectivity index (χ1n) is 11.0. The summed E-state index contributed by atoms with van der Waals surface area (Å²) in [6.07, 6.45) is -0.498. The van der Waals surface area contributed by atoms with E-state index in [4.69, 9.17) is 0 Å². The van der Waals surface area contributed by atoms with Crippen LogP contribution in [-0.4, -0.2) is 27.9 Å². The van der Waals surface area contributed by atoms with Crippen molar-refractivity contribution in [1.82, 2.24) is 9.88 Å². The van der Waals surface area contributed by atoms with Crippen LogP contribution in [0.1, 0.15) is 26.3 Å². The molecule has 0 radical (unpaired) electrons. The minimum Gasteiger partial charge on any atom is -0.390 e. The number of aromatic nitrogens is 1. The van der Waals surface area contributed by atoms with Crippen LogP contribution in [0.2, 0.25) is 0 Å². The number of rotatable bonds is 6. The SMILES string of the molecule is Cc1ccc2c(c1)c(-c1ccccc1)c(-c1ccccc1)n2CC(O)CNC(C)(C)C. The van der Waals surface area contributed by atoms with E-state index < -0.39 is 6.10 Å². The fourth-order valence-electron chi connectivity index (χ4n) is 4.15. The third kappa shape index (κ3) is 4.73. The number of β-amino-alcohol motifs (C(OH)–C–C–N with tert-alkyl or cyclic N) is 1. The quantitative estimate of drug-likeness (QED) is 0.405. The molecule has 0 fully saturated rings. The van der Waals surface area contributed by atoms with Crippen LogP contribution >= 0.6 is 0 Å². The number of aliphatic hydroxyl groups excluding tert-OH is 1. The Balaban J connectivity index is 1.92. The molecular weight excluding hydrogens is 380 g/mol. The summed E-state index contributed by atoms with van der Waals surface area (Å²) in [6.45, 7) is 9.57. The lowest BCUT2D eigenvalue weighted by Gasteiger charge is -2.24. The van der Waals surface area contributed by atoms with Crippen molar-refractivity contribution in [1.29, 1.82) is 0 Å². The van der Waals surface area contributed by atoms with Crippen LogP contribution in [0.4, 0.5) is 0 Å². The van der Waals surface area contributed by atoms with Crippen molar-refractivity contribution in [3.05, 3.63) is 84.4 Å². The van der Waals surface area contributed by atoms with Gasteiger partial charge in [0.05, 0.1) is 18.3 Å². The highest BCUT2D eigenvalue weighted by Crippen LogP contribution is 2.41. The molecule has 31 heavy (non-hydrogen) atoms. The molecule has 1 unspecified atom stereocenters. The van der Waals surface area contributed by atoms with Gasteiger partial charge in [0.25, 0.3) is 0 Å². The van der Waals surface area contributed by atoms with Gasteiger partial charge in [0.15, 0.2) is 0 Å². The van der Waals surface area contributed by atoms with Gasteiger partial charge in [0.1, 0.15) is 0 Å². The van der Waals surface area contributed by atoms with Crippen molar-refractivity contribution in [2.45, 2.75) is 45.9 Å². The Morgan fingerprint density at radius 1 is 0.871 bits per heavy atom. The van der Waals surface area contributed by atoms with Gasteiger partial charge in [-0.3, -0.25) is 0 Å². The molecule has 0 aliphatic rings. The Bertz CT molecular complexity index is 1150. The Hall–Kier alpha value is -2.88. The second-order valence-corrected chi connectivity index (χ2v) is 9.37. The molecule has 1 atom stereocenters. The molecule has 4 aromatic rings. The van der Waals surface area contributed by atoms with E-state index in [9.17, 15) is 5.11 Å². The predicted octanol–water partition coefficient (Wildman–Crippen LogP) is 6.03. The molecule has 0 saturated carbocycles. The minimum absolute atomic E-state index is 0.0334. The first kappa shape index (κ1) is 21.4. The van der Waals surface area contributed by atoms with Crippen LogP contribution in [0.15, 0.2) is 78.9 Å². The average molecular weight is 413 g/mol. The minimum atomic E-state index is -0.498. The van der Waals surface area contributed by atoms with Gasteiger partial charge in [-0.15, -0.1) is 0 Å². The van der Waals surface area contributed by atoms with Crippen molar-refractivity contribution in [3.63, 3.8) is 0 Å². The summed E-state index contributed by atoms with van der Waals surface area (Å²) in [4.78, 5) is 0. The third-order valence-electron chi connectivity index (χ3n) is 5.59. The molecule has 1 heterocycles.